The van der Waals surface area contributed by atoms with Gasteiger partial charge in [-0.05, 0) is 42.0 Å². The number of hydrogen-bond acceptors (Lipinski definition) is 5. The highest BCUT2D eigenvalue weighted by molar-refractivity contribution is 7.19. The molecule has 6 heteroatoms. The number of benzene rings is 2. The predicted octanol–water partition coefficient (Wildman–Crippen LogP) is 5.33. The zero-order chi connectivity index (χ0) is 19.7. The first-order valence-corrected chi connectivity index (χ1v) is 9.95. The van der Waals surface area contributed by atoms with Gasteiger partial charge in [0.25, 0.3) is 0 Å². The quantitative estimate of drug-likeness (QED) is 0.480. The van der Waals surface area contributed by atoms with Gasteiger partial charge in [0, 0.05) is 27.5 Å². The Bertz CT molecular complexity index is 996. The summed E-state index contributed by atoms with van der Waals surface area (Å²) < 4.78 is 32.4. The Morgan fingerprint density at radius 2 is 1.96 bits per heavy atom. The minimum absolute atomic E-state index is 0.121. The van der Waals surface area contributed by atoms with Crippen molar-refractivity contribution in [1.29, 1.82) is 0 Å². The number of methoxy groups -OCH3 is 2. The molecular weight excluding hydrogens is 379 g/mol. The molecule has 146 valence electrons. The van der Waals surface area contributed by atoms with E-state index in [9.17, 15) is 4.79 Å². The van der Waals surface area contributed by atoms with E-state index in [1.165, 1.54) is 7.11 Å². The van der Waals surface area contributed by atoms with Crippen LogP contribution >= 0.6 is 11.3 Å². The van der Waals surface area contributed by atoms with Gasteiger partial charge in [-0.25, -0.2) is 4.39 Å². The van der Waals surface area contributed by atoms with E-state index in [1.807, 2.05) is 36.4 Å². The van der Waals surface area contributed by atoms with E-state index < -0.39 is 5.82 Å². The van der Waals surface area contributed by atoms with Gasteiger partial charge in [-0.1, -0.05) is 12.1 Å². The molecule has 2 aromatic carbocycles. The van der Waals surface area contributed by atoms with Crippen molar-refractivity contribution in [1.82, 2.24) is 0 Å². The fraction of sp³-hybridized carbons (Fsp3) is 0.318. The average molecular weight is 400 g/mol. The summed E-state index contributed by atoms with van der Waals surface area (Å²) in [5.74, 6) is 1.60. The van der Waals surface area contributed by atoms with Crippen LogP contribution in [0.4, 0.5) is 4.39 Å². The maximum atomic E-state index is 15.2. The maximum Gasteiger partial charge on any atom is 0.198 e. The summed E-state index contributed by atoms with van der Waals surface area (Å²) in [6.45, 7) is 0.226. The van der Waals surface area contributed by atoms with Crippen LogP contribution in [0.25, 0.3) is 10.1 Å². The Kier molecular flexibility index (Phi) is 5.22. The van der Waals surface area contributed by atoms with Crippen molar-refractivity contribution in [3.05, 3.63) is 52.7 Å². The summed E-state index contributed by atoms with van der Waals surface area (Å²) in [6, 6.07) is 11.2. The lowest BCUT2D eigenvalue weighted by atomic mass is 10.1. The highest BCUT2D eigenvalue weighted by Crippen LogP contribution is 2.53. The molecule has 1 heterocycles. The number of ether oxygens (including phenoxy) is 3. The van der Waals surface area contributed by atoms with Crippen LogP contribution in [-0.4, -0.2) is 20.5 Å². The Morgan fingerprint density at radius 3 is 2.64 bits per heavy atom. The van der Waals surface area contributed by atoms with Crippen molar-refractivity contribution in [2.75, 3.05) is 14.2 Å². The number of carbonyl (C=O) groups is 1. The monoisotopic (exact) mass is 400 g/mol. The van der Waals surface area contributed by atoms with Gasteiger partial charge in [0.15, 0.2) is 17.3 Å². The number of rotatable bonds is 8. The molecule has 0 radical (unpaired) electrons. The van der Waals surface area contributed by atoms with Crippen molar-refractivity contribution >= 4 is 27.7 Å². The highest BCUT2D eigenvalue weighted by atomic mass is 32.1. The van der Waals surface area contributed by atoms with E-state index in [0.29, 0.717) is 29.4 Å². The van der Waals surface area contributed by atoms with Crippen LogP contribution in [0.2, 0.25) is 0 Å². The fourth-order valence-corrected chi connectivity index (χ4v) is 4.74. The molecule has 0 N–H and O–H groups in total. The van der Waals surface area contributed by atoms with E-state index >= 15 is 4.39 Å². The van der Waals surface area contributed by atoms with Crippen molar-refractivity contribution in [3.8, 4) is 17.2 Å². The zero-order valence-corrected chi connectivity index (χ0v) is 16.6. The lowest BCUT2D eigenvalue weighted by molar-refractivity contribution is -0.108. The van der Waals surface area contributed by atoms with E-state index in [-0.39, 0.29) is 12.4 Å². The lowest BCUT2D eigenvalue weighted by Gasteiger charge is -2.12. The largest absolute Gasteiger partial charge is 0.497 e. The van der Waals surface area contributed by atoms with Gasteiger partial charge in [-0.3, -0.25) is 0 Å². The first-order valence-electron chi connectivity index (χ1n) is 9.14. The third-order valence-corrected chi connectivity index (χ3v) is 6.36. The van der Waals surface area contributed by atoms with Crippen molar-refractivity contribution in [2.24, 2.45) is 5.92 Å². The van der Waals surface area contributed by atoms with Crippen LogP contribution in [0.15, 0.2) is 36.4 Å². The Morgan fingerprint density at radius 1 is 1.18 bits per heavy atom. The van der Waals surface area contributed by atoms with Gasteiger partial charge < -0.3 is 19.0 Å². The third kappa shape index (κ3) is 3.56. The number of thiophene rings is 1. The smallest absolute Gasteiger partial charge is 0.198 e. The predicted molar refractivity (Wildman–Crippen MR) is 107 cm³/mol. The molecule has 0 amide bonds. The van der Waals surface area contributed by atoms with Gasteiger partial charge in [-0.15, -0.1) is 11.3 Å². The average Bonchev–Trinajstić information content (AvgIpc) is 3.35. The highest BCUT2D eigenvalue weighted by Gasteiger charge is 2.39. The summed E-state index contributed by atoms with van der Waals surface area (Å²) in [4.78, 5) is 11.8. The number of carbonyl (C=O) groups excluding carboxylic acids is 1. The van der Waals surface area contributed by atoms with Crippen LogP contribution in [0.3, 0.4) is 0 Å². The minimum atomic E-state index is -0.405. The van der Waals surface area contributed by atoms with Crippen LogP contribution in [0.5, 0.6) is 17.2 Å². The first kappa shape index (κ1) is 18.7. The molecule has 1 fully saturated rings. The molecule has 2 atom stereocenters. The van der Waals surface area contributed by atoms with E-state index in [4.69, 9.17) is 14.2 Å². The molecule has 0 aliphatic heterocycles. The first-order chi connectivity index (χ1) is 13.6. The second-order valence-electron chi connectivity index (χ2n) is 6.92. The van der Waals surface area contributed by atoms with Gasteiger partial charge >= 0.3 is 0 Å². The summed E-state index contributed by atoms with van der Waals surface area (Å²) in [6.07, 6.45) is 2.53. The normalized spacial score (nSPS) is 18.1. The fourth-order valence-electron chi connectivity index (χ4n) is 3.44. The van der Waals surface area contributed by atoms with Crippen LogP contribution in [0, 0.1) is 11.7 Å². The standard InChI is InChI=1S/C22H21FO4S/c1-25-15-5-3-13(4-6-15)12-27-22-18(26-2)11-20-17(21(22)23)10-19(28-20)16-9-14(16)7-8-24/h3-6,8,10-11,14,16H,7,9,12H2,1-2H3. The third-order valence-electron chi connectivity index (χ3n) is 5.15. The minimum Gasteiger partial charge on any atom is -0.497 e. The molecule has 3 aromatic rings. The second kappa shape index (κ2) is 7.80. The maximum absolute atomic E-state index is 15.2. The van der Waals surface area contributed by atoms with Crippen molar-refractivity contribution in [2.45, 2.75) is 25.4 Å². The molecule has 4 nitrogen and oxygen atoms in total. The molecule has 1 saturated carbocycles. The van der Waals surface area contributed by atoms with Crippen molar-refractivity contribution < 1.29 is 23.4 Å². The molecule has 4 rings (SSSR count). The Labute approximate surface area is 166 Å². The molecule has 28 heavy (non-hydrogen) atoms. The molecule has 1 aliphatic carbocycles. The van der Waals surface area contributed by atoms with E-state index in [0.717, 1.165) is 33.6 Å². The molecule has 1 aromatic heterocycles. The van der Waals surface area contributed by atoms with Gasteiger partial charge in [-0.2, -0.15) is 0 Å². The summed E-state index contributed by atoms with van der Waals surface area (Å²) in [5, 5.41) is 0.544. The molecule has 0 saturated heterocycles. The molecule has 2 unspecified atom stereocenters. The molecule has 0 spiro atoms. The second-order valence-corrected chi connectivity index (χ2v) is 8.04. The molecule has 1 aliphatic rings. The summed E-state index contributed by atoms with van der Waals surface area (Å²) >= 11 is 1.56. The van der Waals surface area contributed by atoms with Gasteiger partial charge in [0.05, 0.1) is 14.2 Å². The molecular formula is C22H21FO4S. The van der Waals surface area contributed by atoms with Crippen LogP contribution in [0.1, 0.15) is 29.2 Å². The SMILES string of the molecule is COc1ccc(COc2c(OC)cc3sc(C4CC4CC=O)cc3c2F)cc1. The van der Waals surface area contributed by atoms with E-state index in [1.54, 1.807) is 18.4 Å². The number of hydrogen-bond donors (Lipinski definition) is 0. The Hall–Kier alpha value is -2.60. The van der Waals surface area contributed by atoms with Crippen LogP contribution in [-0.2, 0) is 11.4 Å². The van der Waals surface area contributed by atoms with E-state index in [2.05, 4.69) is 0 Å². The Balaban J connectivity index is 1.59. The van der Waals surface area contributed by atoms with Crippen molar-refractivity contribution in [3.63, 3.8) is 0 Å². The number of aldehydes is 1. The number of halogens is 1. The summed E-state index contributed by atoms with van der Waals surface area (Å²) in [7, 11) is 3.12. The van der Waals surface area contributed by atoms with Gasteiger partial charge in [0.2, 0.25) is 0 Å². The number of fused-ring (bicyclic) bond motifs is 1. The van der Waals surface area contributed by atoms with Gasteiger partial charge in [0.1, 0.15) is 18.6 Å². The van der Waals surface area contributed by atoms with Crippen LogP contribution < -0.4 is 14.2 Å². The zero-order valence-electron chi connectivity index (χ0n) is 15.7. The molecule has 0 bridgehead atoms. The summed E-state index contributed by atoms with van der Waals surface area (Å²) in [5.41, 5.74) is 0.906. The lowest BCUT2D eigenvalue weighted by Crippen LogP contribution is -2.00. The topological polar surface area (TPSA) is 44.8 Å².